The smallest absolute Gasteiger partial charge is 0.172 e. The molecular formula is C9H9IOS. The lowest BCUT2D eigenvalue weighted by atomic mass is 10.2. The zero-order chi connectivity index (χ0) is 8.97. The summed E-state index contributed by atoms with van der Waals surface area (Å²) < 4.78 is 1.11. The molecule has 0 saturated carbocycles. The lowest BCUT2D eigenvalue weighted by Crippen LogP contribution is -2.01. The number of carbonyl (C=O) groups excluding carboxylic acids is 1. The van der Waals surface area contributed by atoms with Gasteiger partial charge in [0.25, 0.3) is 0 Å². The first kappa shape index (κ1) is 10.1. The third-order valence-electron chi connectivity index (χ3n) is 1.42. The minimum atomic E-state index is 0.209. The maximum absolute atomic E-state index is 11.4. The van der Waals surface area contributed by atoms with Crippen LogP contribution in [0.2, 0.25) is 0 Å². The third kappa shape index (κ3) is 2.79. The van der Waals surface area contributed by atoms with Crippen molar-refractivity contribution in [3.05, 3.63) is 33.4 Å². The van der Waals surface area contributed by atoms with Gasteiger partial charge in [-0.05, 0) is 41.0 Å². The summed E-state index contributed by atoms with van der Waals surface area (Å²) in [5.74, 6) is 0.779. The number of halogens is 1. The molecule has 1 nitrogen and oxygen atoms in total. The van der Waals surface area contributed by atoms with Crippen molar-refractivity contribution in [2.45, 2.75) is 0 Å². The van der Waals surface area contributed by atoms with E-state index in [2.05, 4.69) is 22.6 Å². The molecule has 1 aromatic rings. The molecule has 0 bridgehead atoms. The topological polar surface area (TPSA) is 17.1 Å². The quantitative estimate of drug-likeness (QED) is 0.629. The summed E-state index contributed by atoms with van der Waals surface area (Å²) in [5.41, 5.74) is 0.816. The fourth-order valence-corrected chi connectivity index (χ4v) is 1.85. The van der Waals surface area contributed by atoms with Crippen LogP contribution in [0.1, 0.15) is 10.4 Å². The number of Topliss-reactive ketones (excluding diaryl/α,β-unsaturated/α-hetero) is 1. The van der Waals surface area contributed by atoms with Gasteiger partial charge in [-0.15, -0.1) is 0 Å². The molecule has 3 heteroatoms. The van der Waals surface area contributed by atoms with E-state index in [1.807, 2.05) is 30.5 Å². The maximum Gasteiger partial charge on any atom is 0.172 e. The molecule has 0 heterocycles. The molecular weight excluding hydrogens is 283 g/mol. The van der Waals surface area contributed by atoms with Crippen LogP contribution in [-0.2, 0) is 0 Å². The van der Waals surface area contributed by atoms with Crippen LogP contribution in [0.25, 0.3) is 0 Å². The predicted octanol–water partition coefficient (Wildman–Crippen LogP) is 2.84. The fourth-order valence-electron chi connectivity index (χ4n) is 0.876. The molecule has 0 aliphatic carbocycles. The molecule has 0 radical (unpaired) electrons. The number of carbonyl (C=O) groups is 1. The molecule has 0 atom stereocenters. The molecule has 1 aromatic carbocycles. The summed E-state index contributed by atoms with van der Waals surface area (Å²) in [5, 5.41) is 0. The molecule has 12 heavy (non-hydrogen) atoms. The minimum absolute atomic E-state index is 0.209. The Morgan fingerprint density at radius 3 is 2.92 bits per heavy atom. The molecule has 0 saturated heterocycles. The Balaban J connectivity index is 2.81. The molecule has 0 aromatic heterocycles. The second kappa shape index (κ2) is 4.87. The van der Waals surface area contributed by atoms with Gasteiger partial charge in [-0.2, -0.15) is 11.8 Å². The molecule has 0 N–H and O–H groups in total. The first-order valence-corrected chi connectivity index (χ1v) is 5.99. The number of hydrogen-bond acceptors (Lipinski definition) is 2. The summed E-state index contributed by atoms with van der Waals surface area (Å²) in [6.45, 7) is 0. The van der Waals surface area contributed by atoms with Crippen LogP contribution in [0.3, 0.4) is 0 Å². The van der Waals surface area contributed by atoms with Crippen LogP contribution < -0.4 is 0 Å². The highest BCUT2D eigenvalue weighted by Gasteiger charge is 2.03. The first-order chi connectivity index (χ1) is 5.74. The molecule has 0 amide bonds. The third-order valence-corrected chi connectivity index (χ3v) is 2.64. The highest BCUT2D eigenvalue weighted by Crippen LogP contribution is 2.10. The summed E-state index contributed by atoms with van der Waals surface area (Å²) in [7, 11) is 0. The number of ketones is 1. The summed E-state index contributed by atoms with van der Waals surface area (Å²) in [6.07, 6.45) is 1.94. The van der Waals surface area contributed by atoms with E-state index in [4.69, 9.17) is 0 Å². The van der Waals surface area contributed by atoms with Gasteiger partial charge in [0.05, 0.1) is 5.75 Å². The van der Waals surface area contributed by atoms with Crippen LogP contribution in [0.4, 0.5) is 0 Å². The molecule has 64 valence electrons. The summed E-state index contributed by atoms with van der Waals surface area (Å²) in [6, 6.07) is 7.67. The van der Waals surface area contributed by atoms with Gasteiger partial charge < -0.3 is 0 Å². The molecule has 0 fully saturated rings. The Labute approximate surface area is 90.1 Å². The van der Waals surface area contributed by atoms with Crippen LogP contribution in [0.5, 0.6) is 0 Å². The Bertz CT molecular complexity index is 286. The first-order valence-electron chi connectivity index (χ1n) is 3.51. The van der Waals surface area contributed by atoms with Crippen LogP contribution in [0, 0.1) is 3.57 Å². The Morgan fingerprint density at radius 2 is 2.33 bits per heavy atom. The maximum atomic E-state index is 11.4. The van der Waals surface area contributed by atoms with Gasteiger partial charge in [-0.1, -0.05) is 12.1 Å². The lowest BCUT2D eigenvalue weighted by molar-refractivity contribution is 0.102. The summed E-state index contributed by atoms with van der Waals surface area (Å²) in [4.78, 5) is 11.4. The van der Waals surface area contributed by atoms with E-state index in [0.29, 0.717) is 5.75 Å². The second-order valence-corrected chi connectivity index (χ2v) is 4.48. The standard InChI is InChI=1S/C9H9IOS/c1-12-6-9(11)7-3-2-4-8(10)5-7/h2-5H,6H2,1H3. The number of benzene rings is 1. The van der Waals surface area contributed by atoms with Crippen molar-refractivity contribution in [1.82, 2.24) is 0 Å². The van der Waals surface area contributed by atoms with Gasteiger partial charge in [-0.25, -0.2) is 0 Å². The highest BCUT2D eigenvalue weighted by molar-refractivity contribution is 14.1. The van der Waals surface area contributed by atoms with Crippen molar-refractivity contribution in [1.29, 1.82) is 0 Å². The van der Waals surface area contributed by atoms with Gasteiger partial charge >= 0.3 is 0 Å². The van der Waals surface area contributed by atoms with Gasteiger partial charge in [-0.3, -0.25) is 4.79 Å². The van der Waals surface area contributed by atoms with Gasteiger partial charge in [0, 0.05) is 9.13 Å². The van der Waals surface area contributed by atoms with Gasteiger partial charge in [0.1, 0.15) is 0 Å². The zero-order valence-corrected chi connectivity index (χ0v) is 9.68. The van der Waals surface area contributed by atoms with Gasteiger partial charge in [0.15, 0.2) is 5.78 Å². The van der Waals surface area contributed by atoms with Crippen molar-refractivity contribution in [2.24, 2.45) is 0 Å². The fraction of sp³-hybridized carbons (Fsp3) is 0.222. The minimum Gasteiger partial charge on any atom is -0.293 e. The number of rotatable bonds is 3. The van der Waals surface area contributed by atoms with Crippen molar-refractivity contribution in [2.75, 3.05) is 12.0 Å². The molecule has 1 rings (SSSR count). The normalized spacial score (nSPS) is 9.83. The average molecular weight is 292 g/mol. The Kier molecular flexibility index (Phi) is 4.08. The monoisotopic (exact) mass is 292 g/mol. The van der Waals surface area contributed by atoms with E-state index >= 15 is 0 Å². The van der Waals surface area contributed by atoms with Crippen LogP contribution in [0.15, 0.2) is 24.3 Å². The van der Waals surface area contributed by atoms with Crippen LogP contribution >= 0.6 is 34.4 Å². The van der Waals surface area contributed by atoms with E-state index in [-0.39, 0.29) is 5.78 Å². The molecule has 0 spiro atoms. The number of hydrogen-bond donors (Lipinski definition) is 0. The SMILES string of the molecule is CSCC(=O)c1cccc(I)c1. The van der Waals surface area contributed by atoms with E-state index in [0.717, 1.165) is 9.13 Å². The largest absolute Gasteiger partial charge is 0.293 e. The van der Waals surface area contributed by atoms with Crippen LogP contribution in [-0.4, -0.2) is 17.8 Å². The second-order valence-electron chi connectivity index (χ2n) is 2.37. The molecule has 0 aliphatic heterocycles. The Morgan fingerprint density at radius 1 is 1.58 bits per heavy atom. The number of thioether (sulfide) groups is 1. The Hall–Kier alpha value is -0.0300. The zero-order valence-electron chi connectivity index (χ0n) is 6.71. The van der Waals surface area contributed by atoms with E-state index in [9.17, 15) is 4.79 Å². The molecule has 0 unspecified atom stereocenters. The van der Waals surface area contributed by atoms with Gasteiger partial charge in [0.2, 0.25) is 0 Å². The molecule has 0 aliphatic rings. The van der Waals surface area contributed by atoms with Crippen molar-refractivity contribution in [3.8, 4) is 0 Å². The predicted molar refractivity (Wildman–Crippen MR) is 61.9 cm³/mol. The van der Waals surface area contributed by atoms with E-state index < -0.39 is 0 Å². The lowest BCUT2D eigenvalue weighted by Gasteiger charge is -1.98. The van der Waals surface area contributed by atoms with E-state index in [1.165, 1.54) is 0 Å². The van der Waals surface area contributed by atoms with Crippen molar-refractivity contribution < 1.29 is 4.79 Å². The van der Waals surface area contributed by atoms with Crippen molar-refractivity contribution >= 4 is 40.1 Å². The van der Waals surface area contributed by atoms with E-state index in [1.54, 1.807) is 11.8 Å². The summed E-state index contributed by atoms with van der Waals surface area (Å²) >= 11 is 3.77. The highest BCUT2D eigenvalue weighted by atomic mass is 127. The van der Waals surface area contributed by atoms with Crippen molar-refractivity contribution in [3.63, 3.8) is 0 Å². The average Bonchev–Trinajstić information content (AvgIpc) is 2.05.